The zero-order chi connectivity index (χ0) is 40.5. The van der Waals surface area contributed by atoms with E-state index in [2.05, 4.69) is 54.2 Å². The molecule has 0 aliphatic carbocycles. The van der Waals surface area contributed by atoms with E-state index in [9.17, 15) is 4.79 Å². The smallest absolute Gasteiger partial charge is 0.311 e. The first kappa shape index (κ1) is 67.4. The largest absolute Gasteiger partial charge is 0.462 e. The van der Waals surface area contributed by atoms with Crippen LogP contribution < -0.4 is 6.15 Å². The molecule has 0 aromatic carbocycles. The Morgan fingerprint density at radius 3 is 1.16 bits per heavy atom. The third-order valence-electron chi connectivity index (χ3n) is 9.71. The molecule has 7 nitrogen and oxygen atoms in total. The van der Waals surface area contributed by atoms with Crippen molar-refractivity contribution in [3.05, 3.63) is 0 Å². The Balaban J connectivity index is -0.000000162. The van der Waals surface area contributed by atoms with E-state index in [0.717, 1.165) is 25.2 Å². The van der Waals surface area contributed by atoms with Crippen LogP contribution in [0, 0.1) is 10.8 Å². The van der Waals surface area contributed by atoms with E-state index >= 15 is 0 Å². The van der Waals surface area contributed by atoms with Gasteiger partial charge in [0.05, 0.1) is 18.1 Å². The fraction of sp³-hybridized carbons (Fsp3) is 0.979. The molecule has 348 valence electrons. The van der Waals surface area contributed by atoms with Gasteiger partial charge < -0.3 is 31.3 Å². The first-order valence-electron chi connectivity index (χ1n) is 23.4. The third kappa shape index (κ3) is 55.7. The van der Waals surface area contributed by atoms with E-state index < -0.39 is 0 Å². The average molecular weight is 828 g/mol. The van der Waals surface area contributed by atoms with Gasteiger partial charge in [0.15, 0.2) is 0 Å². The number of hydrogen-bond acceptors (Lipinski definition) is 6. The van der Waals surface area contributed by atoms with Crippen LogP contribution in [0.5, 0.6) is 0 Å². The van der Waals surface area contributed by atoms with Crippen molar-refractivity contribution in [1.29, 1.82) is 0 Å². The van der Waals surface area contributed by atoms with Crippen LogP contribution in [0.25, 0.3) is 0 Å². The standard InChI is InChI=1S/C26H54O2S.C20H40O2.C2H6.H3N.2H2O.H2/c1-5-6-7-8-9-10-11-12-14-17-20-25(21-18-15-13-16-19-22-29)28-24-27-23-26(2,3)4;1-6-8-9-10-11-12-13-14-15-16-17-18(7-2)22-19(21)20(3,4)5;1-2;;;;/h25,29H,5-24H2,1-4H3;18H,6-17H2,1-5H3;1-2H3;1H3;2*1H2;1H. The molecule has 8 heteroatoms. The van der Waals surface area contributed by atoms with Crippen molar-refractivity contribution in [1.82, 2.24) is 6.15 Å². The van der Waals surface area contributed by atoms with Crippen LogP contribution in [0.15, 0.2) is 0 Å². The van der Waals surface area contributed by atoms with Gasteiger partial charge in [0, 0.05) is 1.43 Å². The quantitative estimate of drug-likeness (QED) is 0.0283. The van der Waals surface area contributed by atoms with Gasteiger partial charge in [-0.1, -0.05) is 203 Å². The van der Waals surface area contributed by atoms with E-state index in [1.807, 2.05) is 34.6 Å². The molecule has 0 fully saturated rings. The van der Waals surface area contributed by atoms with Crippen molar-refractivity contribution in [2.45, 2.75) is 275 Å². The molecule has 0 aliphatic rings. The first-order valence-corrected chi connectivity index (χ1v) is 24.1. The van der Waals surface area contributed by atoms with Gasteiger partial charge in [-0.25, -0.2) is 0 Å². The van der Waals surface area contributed by atoms with Crippen molar-refractivity contribution in [3.63, 3.8) is 0 Å². The number of rotatable bonds is 35. The van der Waals surface area contributed by atoms with E-state index in [-0.39, 0.29) is 41.4 Å². The van der Waals surface area contributed by atoms with Crippen LogP contribution in [-0.4, -0.2) is 48.3 Å². The van der Waals surface area contributed by atoms with E-state index in [1.165, 1.54) is 173 Å². The lowest BCUT2D eigenvalue weighted by Crippen LogP contribution is -2.28. The molecule has 0 aromatic heterocycles. The molecule has 0 saturated heterocycles. The van der Waals surface area contributed by atoms with E-state index in [4.69, 9.17) is 14.2 Å². The normalized spacial score (nSPS) is 12.1. The van der Waals surface area contributed by atoms with Crippen molar-refractivity contribution in [3.8, 4) is 0 Å². The van der Waals surface area contributed by atoms with Crippen molar-refractivity contribution in [2.75, 3.05) is 19.2 Å². The Morgan fingerprint density at radius 1 is 0.536 bits per heavy atom. The van der Waals surface area contributed by atoms with Gasteiger partial charge in [-0.15, -0.1) is 0 Å². The molecule has 0 aliphatic heterocycles. The summed E-state index contributed by atoms with van der Waals surface area (Å²) >= 11 is 4.30. The minimum Gasteiger partial charge on any atom is -0.462 e. The van der Waals surface area contributed by atoms with Crippen LogP contribution in [0.1, 0.15) is 264 Å². The third-order valence-corrected chi connectivity index (χ3v) is 10.0. The van der Waals surface area contributed by atoms with Gasteiger partial charge in [0.1, 0.15) is 12.9 Å². The van der Waals surface area contributed by atoms with Crippen molar-refractivity contribution in [2.24, 2.45) is 10.8 Å². The van der Waals surface area contributed by atoms with Crippen molar-refractivity contribution < 1.29 is 31.4 Å². The molecular weight excluding hydrogens is 719 g/mol. The summed E-state index contributed by atoms with van der Waals surface area (Å²) in [5.74, 6) is 0.960. The maximum absolute atomic E-state index is 11.9. The van der Waals surface area contributed by atoms with Gasteiger partial charge >= 0.3 is 5.97 Å². The molecule has 7 N–H and O–H groups in total. The van der Waals surface area contributed by atoms with Crippen molar-refractivity contribution >= 4 is 18.6 Å². The Hall–Kier alpha value is -0.380. The molecule has 0 heterocycles. The number of esters is 1. The molecule has 0 radical (unpaired) electrons. The van der Waals surface area contributed by atoms with Gasteiger partial charge in [-0.3, -0.25) is 4.79 Å². The second-order valence-corrected chi connectivity index (χ2v) is 18.2. The zero-order valence-electron chi connectivity index (χ0n) is 40.1. The molecule has 0 rings (SSSR count). The van der Waals surface area contributed by atoms with Gasteiger partial charge in [0.25, 0.3) is 0 Å². The lowest BCUT2D eigenvalue weighted by atomic mass is 9.97. The molecular formula is C48H109NO6S. The number of hydrogen-bond donors (Lipinski definition) is 2. The Morgan fingerprint density at radius 2 is 0.857 bits per heavy atom. The first-order chi connectivity index (χ1) is 25.4. The summed E-state index contributed by atoms with van der Waals surface area (Å²) in [5.41, 5.74) is -0.173. The highest BCUT2D eigenvalue weighted by atomic mass is 32.1. The predicted molar refractivity (Wildman–Crippen MR) is 255 cm³/mol. The number of carbonyl (C=O) groups is 1. The second kappa shape index (κ2) is 50.8. The number of carbonyl (C=O) groups excluding carboxylic acids is 1. The van der Waals surface area contributed by atoms with Gasteiger partial charge in [-0.2, -0.15) is 12.6 Å². The maximum atomic E-state index is 11.9. The summed E-state index contributed by atoms with van der Waals surface area (Å²) < 4.78 is 17.5. The molecule has 0 spiro atoms. The van der Waals surface area contributed by atoms with Crippen LogP contribution in [0.3, 0.4) is 0 Å². The van der Waals surface area contributed by atoms with Crippen LogP contribution >= 0.6 is 12.6 Å². The van der Waals surface area contributed by atoms with Gasteiger partial charge in [-0.05, 0) is 70.5 Å². The maximum Gasteiger partial charge on any atom is 0.311 e. The summed E-state index contributed by atoms with van der Waals surface area (Å²) in [5, 5.41) is 0. The molecule has 2 unspecified atom stereocenters. The van der Waals surface area contributed by atoms with E-state index in [1.54, 1.807) is 0 Å². The average Bonchev–Trinajstić information content (AvgIpc) is 3.12. The summed E-state index contributed by atoms with van der Waals surface area (Å²) in [6, 6.07) is 0. The van der Waals surface area contributed by atoms with Crippen LogP contribution in [0.2, 0.25) is 0 Å². The zero-order valence-corrected chi connectivity index (χ0v) is 41.0. The summed E-state index contributed by atoms with van der Waals surface area (Å²) in [6.07, 6.45) is 38.8. The topological polar surface area (TPSA) is 143 Å². The molecule has 56 heavy (non-hydrogen) atoms. The Bertz CT molecular complexity index is 720. The SMILES string of the molecule is CC.CCCCCCCCCCCCC(CC)OC(=O)C(C)(C)C.CCCCCCCCCCCCC(CCCCCCCS)OCOCC(C)(C)C.N.O.O.[HH]. The summed E-state index contributed by atoms with van der Waals surface area (Å²) in [6.45, 7) is 24.3. The molecule has 0 aromatic rings. The molecule has 2 atom stereocenters. The molecule has 0 bridgehead atoms. The second-order valence-electron chi connectivity index (χ2n) is 17.7. The Kier molecular flexibility index (Phi) is 61.1. The molecule has 0 amide bonds. The lowest BCUT2D eigenvalue weighted by molar-refractivity contribution is -0.159. The summed E-state index contributed by atoms with van der Waals surface area (Å²) in [4.78, 5) is 11.9. The van der Waals surface area contributed by atoms with Crippen LogP contribution in [-0.2, 0) is 19.0 Å². The van der Waals surface area contributed by atoms with Gasteiger partial charge in [0.2, 0.25) is 0 Å². The highest BCUT2D eigenvalue weighted by Crippen LogP contribution is 2.21. The minimum absolute atomic E-state index is 0. The number of unbranched alkanes of at least 4 members (excludes halogenated alkanes) is 22. The lowest BCUT2D eigenvalue weighted by Gasteiger charge is -2.22. The minimum atomic E-state index is -0.384. The highest BCUT2D eigenvalue weighted by molar-refractivity contribution is 7.80. The molecule has 0 saturated carbocycles. The highest BCUT2D eigenvalue weighted by Gasteiger charge is 2.25. The Labute approximate surface area is 359 Å². The predicted octanol–water partition coefficient (Wildman–Crippen LogP) is 15.4. The van der Waals surface area contributed by atoms with Crippen LogP contribution in [0.4, 0.5) is 0 Å². The number of ether oxygens (including phenoxy) is 3. The fourth-order valence-corrected chi connectivity index (χ4v) is 6.43. The summed E-state index contributed by atoms with van der Waals surface area (Å²) in [7, 11) is 0. The number of thiol groups is 1. The monoisotopic (exact) mass is 828 g/mol. The fourth-order valence-electron chi connectivity index (χ4n) is 6.21. The van der Waals surface area contributed by atoms with E-state index in [0.29, 0.717) is 12.9 Å².